The number of halogens is 1. The topological polar surface area (TPSA) is 93.7 Å². The fourth-order valence-corrected chi connectivity index (χ4v) is 4.57. The summed E-state index contributed by atoms with van der Waals surface area (Å²) in [7, 11) is -1.02. The molecule has 0 radical (unpaired) electrons. The maximum absolute atomic E-state index is 12.9. The van der Waals surface area contributed by atoms with Crippen molar-refractivity contribution in [2.75, 3.05) is 24.3 Å². The van der Waals surface area contributed by atoms with Crippen molar-refractivity contribution in [3.05, 3.63) is 76.8 Å². The molecule has 3 aromatic rings. The predicted octanol–water partition coefficient (Wildman–Crippen LogP) is 4.72. The van der Waals surface area contributed by atoms with Gasteiger partial charge in [0, 0.05) is 6.07 Å². The molecule has 0 bridgehead atoms. The van der Waals surface area contributed by atoms with Crippen molar-refractivity contribution in [1.29, 1.82) is 0 Å². The number of hydrogen-bond donors (Lipinski definition) is 2. The minimum Gasteiger partial charge on any atom is -0.497 e. The van der Waals surface area contributed by atoms with E-state index in [-0.39, 0.29) is 21.2 Å². The van der Waals surface area contributed by atoms with Crippen LogP contribution in [-0.4, -0.2) is 28.5 Å². The molecule has 2 N–H and O–H groups in total. The zero-order valence-corrected chi connectivity index (χ0v) is 18.7. The van der Waals surface area contributed by atoms with Gasteiger partial charge < -0.3 is 14.8 Å². The van der Waals surface area contributed by atoms with Gasteiger partial charge in [-0.2, -0.15) is 0 Å². The van der Waals surface area contributed by atoms with Crippen molar-refractivity contribution in [1.82, 2.24) is 0 Å². The molecule has 0 saturated carbocycles. The number of methoxy groups -OCH3 is 2. The molecule has 0 saturated heterocycles. The first kappa shape index (κ1) is 22.5. The number of hydrogen-bond acceptors (Lipinski definition) is 5. The van der Waals surface area contributed by atoms with E-state index in [1.807, 2.05) is 6.92 Å². The molecule has 0 fully saturated rings. The highest BCUT2D eigenvalue weighted by Crippen LogP contribution is 2.31. The largest absolute Gasteiger partial charge is 0.497 e. The maximum atomic E-state index is 12.9. The number of carbonyl (C=O) groups is 1. The Morgan fingerprint density at radius 2 is 1.68 bits per heavy atom. The van der Waals surface area contributed by atoms with Crippen LogP contribution in [0.2, 0.25) is 5.02 Å². The summed E-state index contributed by atoms with van der Waals surface area (Å²) in [6, 6.07) is 15.8. The molecule has 1 amide bonds. The second kappa shape index (κ2) is 9.28. The van der Waals surface area contributed by atoms with Crippen molar-refractivity contribution in [3.8, 4) is 11.5 Å². The lowest BCUT2D eigenvalue weighted by molar-refractivity contribution is 0.102. The first-order chi connectivity index (χ1) is 14.7. The molecule has 162 valence electrons. The van der Waals surface area contributed by atoms with Crippen molar-refractivity contribution in [2.24, 2.45) is 0 Å². The van der Waals surface area contributed by atoms with E-state index in [1.165, 1.54) is 32.4 Å². The molecule has 0 aliphatic carbocycles. The first-order valence-corrected chi connectivity index (χ1v) is 11.0. The first-order valence-electron chi connectivity index (χ1n) is 9.16. The Kier molecular flexibility index (Phi) is 6.72. The highest BCUT2D eigenvalue weighted by atomic mass is 35.5. The monoisotopic (exact) mass is 460 g/mol. The number of ether oxygens (including phenoxy) is 2. The van der Waals surface area contributed by atoms with Gasteiger partial charge in [-0.05, 0) is 48.9 Å². The van der Waals surface area contributed by atoms with Gasteiger partial charge in [0.2, 0.25) is 0 Å². The van der Waals surface area contributed by atoms with Gasteiger partial charge in [-0.25, -0.2) is 8.42 Å². The van der Waals surface area contributed by atoms with Gasteiger partial charge in [0.1, 0.15) is 16.4 Å². The van der Waals surface area contributed by atoms with Gasteiger partial charge in [-0.3, -0.25) is 9.52 Å². The molecule has 0 aliphatic heterocycles. The predicted molar refractivity (Wildman–Crippen MR) is 121 cm³/mol. The van der Waals surface area contributed by atoms with Gasteiger partial charge >= 0.3 is 0 Å². The number of para-hydroxylation sites is 1. The highest BCUT2D eigenvalue weighted by molar-refractivity contribution is 7.92. The fourth-order valence-electron chi connectivity index (χ4n) is 2.89. The van der Waals surface area contributed by atoms with Crippen LogP contribution in [0.1, 0.15) is 15.9 Å². The SMILES string of the molecule is COc1ccc(NC(=O)c2ccccc2NS(=O)(=O)c2ccc(C)cc2Cl)c(OC)c1. The summed E-state index contributed by atoms with van der Waals surface area (Å²) in [4.78, 5) is 12.9. The third-order valence-corrected chi connectivity index (χ3v) is 6.30. The van der Waals surface area contributed by atoms with Gasteiger partial charge in [0.05, 0.1) is 36.2 Å². The average molecular weight is 461 g/mol. The number of carbonyl (C=O) groups excluding carboxylic acids is 1. The van der Waals surface area contributed by atoms with E-state index in [9.17, 15) is 13.2 Å². The minimum atomic E-state index is -4.01. The lowest BCUT2D eigenvalue weighted by atomic mass is 10.1. The number of nitrogens with one attached hydrogen (secondary N) is 2. The summed E-state index contributed by atoms with van der Waals surface area (Å²) >= 11 is 6.13. The van der Waals surface area contributed by atoms with E-state index in [1.54, 1.807) is 42.5 Å². The van der Waals surface area contributed by atoms with Gasteiger partial charge in [-0.15, -0.1) is 0 Å². The van der Waals surface area contributed by atoms with Crippen LogP contribution in [-0.2, 0) is 10.0 Å². The third-order valence-electron chi connectivity index (χ3n) is 4.45. The molecular formula is C22H21ClN2O5S. The maximum Gasteiger partial charge on any atom is 0.263 e. The number of anilines is 2. The van der Waals surface area contributed by atoms with Gasteiger partial charge in [0.25, 0.3) is 15.9 Å². The lowest BCUT2D eigenvalue weighted by Crippen LogP contribution is -2.19. The molecule has 9 heteroatoms. The van der Waals surface area contributed by atoms with E-state index < -0.39 is 15.9 Å². The molecule has 0 unspecified atom stereocenters. The van der Waals surface area contributed by atoms with Crippen molar-refractivity contribution in [3.63, 3.8) is 0 Å². The summed E-state index contributed by atoms with van der Waals surface area (Å²) in [5.41, 5.74) is 1.49. The van der Waals surface area contributed by atoms with Crippen LogP contribution in [0.4, 0.5) is 11.4 Å². The number of amides is 1. The Labute approximate surface area is 186 Å². The van der Waals surface area contributed by atoms with Crippen LogP contribution in [0.25, 0.3) is 0 Å². The smallest absolute Gasteiger partial charge is 0.263 e. The van der Waals surface area contributed by atoms with Crippen LogP contribution < -0.4 is 19.5 Å². The molecule has 0 atom stereocenters. The normalized spacial score (nSPS) is 11.0. The Morgan fingerprint density at radius 1 is 0.935 bits per heavy atom. The zero-order valence-electron chi connectivity index (χ0n) is 17.1. The van der Waals surface area contributed by atoms with E-state index >= 15 is 0 Å². The van der Waals surface area contributed by atoms with Crippen LogP contribution in [0, 0.1) is 6.92 Å². The Bertz CT molecular complexity index is 1230. The van der Waals surface area contributed by atoms with Gasteiger partial charge in [0.15, 0.2) is 0 Å². The summed E-state index contributed by atoms with van der Waals surface area (Å²) in [6.45, 7) is 1.81. The second-order valence-corrected chi connectivity index (χ2v) is 8.66. The molecule has 0 heterocycles. The van der Waals surface area contributed by atoms with Crippen molar-refractivity contribution in [2.45, 2.75) is 11.8 Å². The van der Waals surface area contributed by atoms with Crippen LogP contribution in [0.5, 0.6) is 11.5 Å². The minimum absolute atomic E-state index is 0.0770. The zero-order chi connectivity index (χ0) is 22.6. The van der Waals surface area contributed by atoms with Crippen molar-refractivity contribution >= 4 is 38.9 Å². The van der Waals surface area contributed by atoms with Crippen LogP contribution >= 0.6 is 11.6 Å². The van der Waals surface area contributed by atoms with Crippen LogP contribution in [0.3, 0.4) is 0 Å². The number of rotatable bonds is 7. The van der Waals surface area contributed by atoms with E-state index in [0.717, 1.165) is 5.56 Å². The summed E-state index contributed by atoms with van der Waals surface area (Å²) in [5.74, 6) is 0.451. The molecule has 0 spiro atoms. The van der Waals surface area contributed by atoms with E-state index in [0.29, 0.717) is 17.2 Å². The number of sulfonamides is 1. The Morgan fingerprint density at radius 3 is 2.35 bits per heavy atom. The number of aryl methyl sites for hydroxylation is 1. The van der Waals surface area contributed by atoms with Crippen molar-refractivity contribution < 1.29 is 22.7 Å². The quantitative estimate of drug-likeness (QED) is 0.532. The number of benzene rings is 3. The van der Waals surface area contributed by atoms with E-state index in [4.69, 9.17) is 21.1 Å². The highest BCUT2D eigenvalue weighted by Gasteiger charge is 2.21. The molecule has 0 aliphatic rings. The van der Waals surface area contributed by atoms with Gasteiger partial charge in [-0.1, -0.05) is 29.8 Å². The second-order valence-electron chi connectivity index (χ2n) is 6.61. The molecule has 3 rings (SSSR count). The molecule has 0 aromatic heterocycles. The summed E-state index contributed by atoms with van der Waals surface area (Å²) < 4.78 is 38.7. The third kappa shape index (κ3) is 5.10. The molecule has 7 nitrogen and oxygen atoms in total. The lowest BCUT2D eigenvalue weighted by Gasteiger charge is -2.15. The summed E-state index contributed by atoms with van der Waals surface area (Å²) in [6.07, 6.45) is 0. The summed E-state index contributed by atoms with van der Waals surface area (Å²) in [5, 5.41) is 2.83. The molecule has 31 heavy (non-hydrogen) atoms. The van der Waals surface area contributed by atoms with E-state index in [2.05, 4.69) is 10.0 Å². The standard InChI is InChI=1S/C22H21ClN2O5S/c1-14-8-11-21(17(23)12-14)31(27,28)25-18-7-5-4-6-16(18)22(26)24-19-10-9-15(29-2)13-20(19)30-3/h4-13,25H,1-3H3,(H,24,26). The molecule has 3 aromatic carbocycles. The Hall–Kier alpha value is -3.23. The van der Waals surface area contributed by atoms with Crippen LogP contribution in [0.15, 0.2) is 65.6 Å². The Balaban J connectivity index is 1.91. The fraction of sp³-hybridized carbons (Fsp3) is 0.136. The average Bonchev–Trinajstić information content (AvgIpc) is 2.73. The molecular weight excluding hydrogens is 440 g/mol.